The molecule has 1 spiro atoms. The summed E-state index contributed by atoms with van der Waals surface area (Å²) in [7, 11) is -3.87. The number of piperidine rings is 1. The van der Waals surface area contributed by atoms with E-state index >= 15 is 0 Å². The number of ether oxygens (including phenoxy) is 1. The number of nitrogens with one attached hydrogen (secondary N) is 1. The number of carbonyl (C=O) groups excluding carboxylic acids is 1. The summed E-state index contributed by atoms with van der Waals surface area (Å²) in [5.41, 5.74) is -0.632. The predicted molar refractivity (Wildman–Crippen MR) is 134 cm³/mol. The Morgan fingerprint density at radius 1 is 1.10 bits per heavy atom. The van der Waals surface area contributed by atoms with Gasteiger partial charge >= 0.3 is 12.2 Å². The molecule has 13 heteroatoms. The number of nitrogens with zero attached hydrogens (tertiary/aromatic N) is 4. The number of alkyl halides is 3. The molecule has 0 radical (unpaired) electrons. The number of sulfone groups is 1. The van der Waals surface area contributed by atoms with Gasteiger partial charge < -0.3 is 14.5 Å². The van der Waals surface area contributed by atoms with Crippen molar-refractivity contribution in [3.8, 4) is 0 Å². The number of aromatic nitrogens is 3. The lowest BCUT2D eigenvalue weighted by atomic mass is 9.57. The third-order valence-corrected chi connectivity index (χ3v) is 9.69. The lowest BCUT2D eigenvalue weighted by Crippen LogP contribution is -2.65. The fraction of sp³-hybridized carbons (Fsp3) is 0.654. The number of urea groups is 1. The van der Waals surface area contributed by atoms with Crippen LogP contribution in [0, 0.1) is 5.41 Å². The average molecular weight is 568 g/mol. The van der Waals surface area contributed by atoms with Gasteiger partial charge in [0.1, 0.15) is 5.82 Å². The molecule has 4 aliphatic rings. The Hall–Kier alpha value is -2.67. The van der Waals surface area contributed by atoms with Crippen LogP contribution in [0.2, 0.25) is 0 Å². The van der Waals surface area contributed by atoms with Crippen LogP contribution in [0.4, 0.5) is 18.0 Å². The van der Waals surface area contributed by atoms with Gasteiger partial charge in [0.2, 0.25) is 0 Å². The van der Waals surface area contributed by atoms with Crippen LogP contribution in [0.15, 0.2) is 23.1 Å². The summed E-state index contributed by atoms with van der Waals surface area (Å²) in [6.07, 6.45) is 1.60. The first-order valence-electron chi connectivity index (χ1n) is 13.4. The number of halogens is 3. The Morgan fingerprint density at radius 2 is 1.79 bits per heavy atom. The van der Waals surface area contributed by atoms with Crippen molar-refractivity contribution in [3.63, 3.8) is 0 Å². The second kappa shape index (κ2) is 9.46. The average Bonchev–Trinajstić information content (AvgIpc) is 3.57. The largest absolute Gasteiger partial charge is 0.416 e. The number of benzene rings is 1. The van der Waals surface area contributed by atoms with Gasteiger partial charge in [0.25, 0.3) is 0 Å². The van der Waals surface area contributed by atoms with E-state index in [-0.39, 0.29) is 34.6 Å². The molecule has 0 atom stereocenters. The van der Waals surface area contributed by atoms with Gasteiger partial charge in [-0.3, -0.25) is 5.10 Å². The van der Waals surface area contributed by atoms with E-state index in [1.807, 2.05) is 9.80 Å². The van der Waals surface area contributed by atoms with Gasteiger partial charge in [0.15, 0.2) is 15.7 Å². The number of H-pyrrole nitrogens is 1. The normalized spacial score (nSPS) is 22.2. The Labute approximate surface area is 225 Å². The zero-order chi connectivity index (χ0) is 27.6. The topological polar surface area (TPSA) is 108 Å². The van der Waals surface area contributed by atoms with Gasteiger partial charge in [-0.1, -0.05) is 6.07 Å². The zero-order valence-corrected chi connectivity index (χ0v) is 22.5. The molecular weight excluding hydrogens is 535 g/mol. The molecule has 1 aromatic heterocycles. The van der Waals surface area contributed by atoms with Crippen molar-refractivity contribution in [2.45, 2.75) is 74.1 Å². The van der Waals surface area contributed by atoms with E-state index in [0.717, 1.165) is 56.0 Å². The van der Waals surface area contributed by atoms with Crippen molar-refractivity contribution in [1.29, 1.82) is 0 Å². The Kier molecular flexibility index (Phi) is 6.44. The van der Waals surface area contributed by atoms with Gasteiger partial charge in [-0.15, -0.1) is 0 Å². The summed E-state index contributed by atoms with van der Waals surface area (Å²) in [6.45, 7) is 2.43. The molecule has 6 rings (SSSR count). The summed E-state index contributed by atoms with van der Waals surface area (Å²) in [4.78, 5) is 21.0. The van der Waals surface area contributed by atoms with Crippen molar-refractivity contribution < 1.29 is 31.1 Å². The van der Waals surface area contributed by atoms with E-state index in [1.54, 1.807) is 0 Å². The van der Waals surface area contributed by atoms with Crippen LogP contribution in [0.3, 0.4) is 0 Å². The first-order chi connectivity index (χ1) is 18.4. The maximum absolute atomic E-state index is 13.1. The fourth-order valence-corrected chi connectivity index (χ4v) is 7.10. The first kappa shape index (κ1) is 26.5. The van der Waals surface area contributed by atoms with Crippen LogP contribution in [0.1, 0.15) is 73.1 Å². The highest BCUT2D eigenvalue weighted by atomic mass is 32.2. The second-order valence-electron chi connectivity index (χ2n) is 11.7. The van der Waals surface area contributed by atoms with Gasteiger partial charge in [0.05, 0.1) is 23.2 Å². The molecule has 2 saturated heterocycles. The van der Waals surface area contributed by atoms with E-state index in [1.165, 1.54) is 12.8 Å². The molecule has 2 amide bonds. The molecule has 1 N–H and O–H groups in total. The lowest BCUT2D eigenvalue weighted by Gasteiger charge is -2.59. The van der Waals surface area contributed by atoms with E-state index < -0.39 is 21.6 Å². The molecule has 3 heterocycles. The van der Waals surface area contributed by atoms with Gasteiger partial charge in [0, 0.05) is 49.7 Å². The smallest absolute Gasteiger partial charge is 0.373 e. The first-order valence-corrected chi connectivity index (χ1v) is 15.3. The number of amides is 2. The highest BCUT2D eigenvalue weighted by Gasteiger charge is 2.55. The Morgan fingerprint density at radius 3 is 2.41 bits per heavy atom. The standard InChI is InChI=1S/C26H32F3N5O4S/c1-39(36,37)21-10-19(26(27,28)29)5-4-17(21)13-38-20-6-8-33(9-7-20)24(35)34-14-25(15-34)11-18(12-25)23-30-22(31-32-23)16-2-3-16/h4-5,10,16,18,20H,2-3,6-9,11-15H2,1H3,(H,30,31,32). The number of aromatic amines is 1. The van der Waals surface area contributed by atoms with Crippen LogP contribution >= 0.6 is 0 Å². The molecule has 2 saturated carbocycles. The van der Waals surface area contributed by atoms with Crippen LogP contribution in [0.25, 0.3) is 0 Å². The van der Waals surface area contributed by atoms with E-state index in [2.05, 4.69) is 15.2 Å². The molecule has 2 aliphatic heterocycles. The van der Waals surface area contributed by atoms with Gasteiger partial charge in [-0.2, -0.15) is 18.3 Å². The predicted octanol–water partition coefficient (Wildman–Crippen LogP) is 4.09. The molecule has 2 aromatic rings. The molecule has 9 nitrogen and oxygen atoms in total. The number of hydrogen-bond donors (Lipinski definition) is 1. The van der Waals surface area contributed by atoms with Crippen LogP contribution in [-0.2, 0) is 27.4 Å². The molecule has 0 bridgehead atoms. The number of carbonyl (C=O) groups is 1. The lowest BCUT2D eigenvalue weighted by molar-refractivity contribution is -0.137. The number of hydrogen-bond acceptors (Lipinski definition) is 6. The third-order valence-electron chi connectivity index (χ3n) is 8.51. The fourth-order valence-electron chi connectivity index (χ4n) is 6.15. The summed E-state index contributed by atoms with van der Waals surface area (Å²) >= 11 is 0. The van der Waals surface area contributed by atoms with Gasteiger partial charge in [-0.05, 0) is 56.2 Å². The van der Waals surface area contributed by atoms with Crippen molar-refractivity contribution in [1.82, 2.24) is 25.0 Å². The Bertz CT molecular complexity index is 1350. The van der Waals surface area contributed by atoms with Crippen LogP contribution < -0.4 is 0 Å². The van der Waals surface area contributed by atoms with E-state index in [4.69, 9.17) is 4.74 Å². The van der Waals surface area contributed by atoms with Crippen molar-refractivity contribution in [2.75, 3.05) is 32.4 Å². The maximum atomic E-state index is 13.1. The van der Waals surface area contributed by atoms with Crippen molar-refractivity contribution in [2.24, 2.45) is 5.41 Å². The van der Waals surface area contributed by atoms with E-state index in [0.29, 0.717) is 43.8 Å². The van der Waals surface area contributed by atoms with Crippen molar-refractivity contribution >= 4 is 15.9 Å². The monoisotopic (exact) mass is 567 g/mol. The summed E-state index contributed by atoms with van der Waals surface area (Å²) in [6, 6.07) is 2.72. The molecule has 4 fully saturated rings. The maximum Gasteiger partial charge on any atom is 0.416 e. The molecular formula is C26H32F3N5O4S. The summed E-state index contributed by atoms with van der Waals surface area (Å²) < 4.78 is 69.3. The third kappa shape index (κ3) is 5.39. The van der Waals surface area contributed by atoms with Crippen LogP contribution in [0.5, 0.6) is 0 Å². The minimum atomic E-state index is -4.63. The molecule has 212 valence electrons. The minimum absolute atomic E-state index is 0.0264. The highest BCUT2D eigenvalue weighted by molar-refractivity contribution is 7.90. The molecule has 2 aliphatic carbocycles. The van der Waals surface area contributed by atoms with E-state index in [9.17, 15) is 26.4 Å². The summed E-state index contributed by atoms with van der Waals surface area (Å²) in [5, 5.41) is 7.49. The number of rotatable bonds is 6. The minimum Gasteiger partial charge on any atom is -0.373 e. The second-order valence-corrected chi connectivity index (χ2v) is 13.7. The molecule has 0 unspecified atom stereocenters. The summed E-state index contributed by atoms with van der Waals surface area (Å²) in [5.74, 6) is 2.85. The molecule has 39 heavy (non-hydrogen) atoms. The zero-order valence-electron chi connectivity index (χ0n) is 21.7. The quantitative estimate of drug-likeness (QED) is 0.564. The number of likely N-dealkylation sites (tertiary alicyclic amines) is 2. The van der Waals surface area contributed by atoms with Crippen LogP contribution in [-0.4, -0.2) is 78.0 Å². The Balaban J connectivity index is 0.958. The highest BCUT2D eigenvalue weighted by Crippen LogP contribution is 2.55. The SMILES string of the molecule is CS(=O)(=O)c1cc(C(F)(F)F)ccc1COC1CCN(C(=O)N2CC3(CC(c4n[nH]c(C5CC5)n4)C3)C2)CC1. The van der Waals surface area contributed by atoms with Crippen molar-refractivity contribution in [3.05, 3.63) is 41.0 Å². The van der Waals surface area contributed by atoms with Gasteiger partial charge in [-0.25, -0.2) is 18.2 Å². The molecule has 1 aromatic carbocycles.